The van der Waals surface area contributed by atoms with Gasteiger partial charge in [0.15, 0.2) is 0 Å². The van der Waals surface area contributed by atoms with Crippen LogP contribution in [0.25, 0.3) is 0 Å². The Morgan fingerprint density at radius 1 is 1.19 bits per heavy atom. The summed E-state index contributed by atoms with van der Waals surface area (Å²) in [6.45, 7) is 8.46. The molecule has 0 aromatic rings. The van der Waals surface area contributed by atoms with Gasteiger partial charge in [0.05, 0.1) is 6.04 Å². The van der Waals surface area contributed by atoms with Crippen LogP contribution >= 0.6 is 0 Å². The summed E-state index contributed by atoms with van der Waals surface area (Å²) >= 11 is -0.919. The van der Waals surface area contributed by atoms with Crippen LogP contribution in [0.3, 0.4) is 0 Å². The highest BCUT2D eigenvalue weighted by Crippen LogP contribution is 2.23. The zero-order valence-corrected chi connectivity index (χ0v) is 11.7. The van der Waals surface area contributed by atoms with Gasteiger partial charge in [-0.3, -0.25) is 0 Å². The standard InChI is InChI=1S/C12H26N2OS/c1-11-7-10-13-9-6-4-5-8-12(2,3)16(15)14-11/h11,13-14H,4-10H2,1-3H3/t11-,16?/m1/s1. The highest BCUT2D eigenvalue weighted by molar-refractivity contribution is 7.90. The number of rotatable bonds is 0. The summed E-state index contributed by atoms with van der Waals surface area (Å²) in [6.07, 6.45) is 5.74. The summed E-state index contributed by atoms with van der Waals surface area (Å²) in [5.41, 5.74) is 0. The van der Waals surface area contributed by atoms with Crippen molar-refractivity contribution in [3.05, 3.63) is 0 Å². The Bertz CT molecular complexity index is 199. The van der Waals surface area contributed by atoms with Gasteiger partial charge >= 0.3 is 0 Å². The SMILES string of the molecule is C[C@@H]1CCNCCCCCC(C)(C)[S+]([O-])N1. The second-order valence-corrected chi connectivity index (χ2v) is 7.27. The average molecular weight is 246 g/mol. The Kier molecular flexibility index (Phi) is 6.11. The summed E-state index contributed by atoms with van der Waals surface area (Å²) < 4.78 is 15.3. The fraction of sp³-hybridized carbons (Fsp3) is 1.00. The third kappa shape index (κ3) is 5.04. The molecule has 2 atom stereocenters. The molecule has 0 radical (unpaired) electrons. The highest BCUT2D eigenvalue weighted by atomic mass is 32.2. The smallest absolute Gasteiger partial charge is 0.139 e. The second-order valence-electron chi connectivity index (χ2n) is 5.40. The molecule has 0 aliphatic carbocycles. The first-order valence-electron chi connectivity index (χ1n) is 6.41. The van der Waals surface area contributed by atoms with Crippen LogP contribution in [-0.2, 0) is 11.4 Å². The lowest BCUT2D eigenvalue weighted by Gasteiger charge is -2.30. The topological polar surface area (TPSA) is 47.1 Å². The first kappa shape index (κ1) is 14.3. The van der Waals surface area contributed by atoms with Gasteiger partial charge in [-0.1, -0.05) is 6.42 Å². The zero-order chi connectivity index (χ0) is 12.0. The van der Waals surface area contributed by atoms with Crippen molar-refractivity contribution in [3.8, 4) is 0 Å². The fourth-order valence-electron chi connectivity index (χ4n) is 1.91. The normalized spacial score (nSPS) is 33.8. The Morgan fingerprint density at radius 3 is 2.69 bits per heavy atom. The van der Waals surface area contributed by atoms with Crippen molar-refractivity contribution in [1.82, 2.24) is 10.0 Å². The van der Waals surface area contributed by atoms with Gasteiger partial charge in [0.1, 0.15) is 4.75 Å². The monoisotopic (exact) mass is 246 g/mol. The molecule has 1 unspecified atom stereocenters. The lowest BCUT2D eigenvalue weighted by Crippen LogP contribution is -2.46. The summed E-state index contributed by atoms with van der Waals surface area (Å²) in [7, 11) is 0. The largest absolute Gasteiger partial charge is 0.598 e. The summed E-state index contributed by atoms with van der Waals surface area (Å²) in [6, 6.07) is 0.326. The molecular weight excluding hydrogens is 220 g/mol. The first-order chi connectivity index (χ1) is 7.52. The maximum atomic E-state index is 12.1. The van der Waals surface area contributed by atoms with Crippen LogP contribution in [0.1, 0.15) is 52.9 Å². The van der Waals surface area contributed by atoms with E-state index in [9.17, 15) is 4.55 Å². The maximum absolute atomic E-state index is 12.1. The molecule has 1 aliphatic rings. The molecule has 0 aromatic heterocycles. The molecular formula is C12H26N2OS. The predicted octanol–water partition coefficient (Wildman–Crippen LogP) is 1.96. The van der Waals surface area contributed by atoms with Gasteiger partial charge in [-0.25, -0.2) is 0 Å². The summed E-state index contributed by atoms with van der Waals surface area (Å²) in [5.74, 6) is 0. The van der Waals surface area contributed by atoms with Gasteiger partial charge in [0.2, 0.25) is 0 Å². The molecule has 0 saturated carbocycles. The lowest BCUT2D eigenvalue weighted by atomic mass is 10.0. The minimum atomic E-state index is -0.919. The average Bonchev–Trinajstić information content (AvgIpc) is 2.20. The minimum Gasteiger partial charge on any atom is -0.598 e. The van der Waals surface area contributed by atoms with Gasteiger partial charge in [-0.15, -0.1) is 4.72 Å². The van der Waals surface area contributed by atoms with Gasteiger partial charge in [-0.2, -0.15) is 0 Å². The van der Waals surface area contributed by atoms with Crippen molar-refractivity contribution in [3.63, 3.8) is 0 Å². The van der Waals surface area contributed by atoms with E-state index in [1.165, 1.54) is 19.3 Å². The number of nitrogens with one attached hydrogen (secondary N) is 2. The van der Waals surface area contributed by atoms with Gasteiger partial charge in [-0.05, 0) is 59.5 Å². The van der Waals surface area contributed by atoms with Gasteiger partial charge < -0.3 is 9.87 Å². The molecule has 0 amide bonds. The van der Waals surface area contributed by atoms with Crippen molar-refractivity contribution < 1.29 is 4.55 Å². The maximum Gasteiger partial charge on any atom is 0.139 e. The van der Waals surface area contributed by atoms with Crippen LogP contribution < -0.4 is 10.0 Å². The summed E-state index contributed by atoms with van der Waals surface area (Å²) in [5, 5.41) is 3.43. The third-order valence-electron chi connectivity index (χ3n) is 3.20. The molecule has 0 aromatic carbocycles. The van der Waals surface area contributed by atoms with E-state index in [4.69, 9.17) is 0 Å². The quantitative estimate of drug-likeness (QED) is 0.642. The van der Waals surface area contributed by atoms with E-state index in [0.29, 0.717) is 6.04 Å². The van der Waals surface area contributed by atoms with Crippen LogP contribution in [0.4, 0.5) is 0 Å². The molecule has 1 aliphatic heterocycles. The Labute approximate surface area is 103 Å². The van der Waals surface area contributed by atoms with Crippen LogP contribution in [0.5, 0.6) is 0 Å². The van der Waals surface area contributed by atoms with Crippen LogP contribution in [0.15, 0.2) is 0 Å². The highest BCUT2D eigenvalue weighted by Gasteiger charge is 2.32. The van der Waals surface area contributed by atoms with Crippen molar-refractivity contribution >= 4 is 11.4 Å². The molecule has 1 fully saturated rings. The molecule has 96 valence electrons. The Balaban J connectivity index is 2.49. The van der Waals surface area contributed by atoms with Crippen molar-refractivity contribution in [2.45, 2.75) is 63.7 Å². The third-order valence-corrected chi connectivity index (χ3v) is 5.02. The molecule has 0 spiro atoms. The van der Waals surface area contributed by atoms with E-state index in [1.807, 2.05) is 0 Å². The fourth-order valence-corrected chi connectivity index (χ4v) is 3.05. The Morgan fingerprint density at radius 2 is 1.94 bits per heavy atom. The molecule has 3 nitrogen and oxygen atoms in total. The second kappa shape index (κ2) is 6.84. The van der Waals surface area contributed by atoms with Crippen LogP contribution in [0, 0.1) is 0 Å². The molecule has 2 N–H and O–H groups in total. The predicted molar refractivity (Wildman–Crippen MR) is 70.8 cm³/mol. The van der Waals surface area contributed by atoms with Gasteiger partial charge in [0, 0.05) is 11.4 Å². The van der Waals surface area contributed by atoms with E-state index in [-0.39, 0.29) is 4.75 Å². The van der Waals surface area contributed by atoms with E-state index in [0.717, 1.165) is 25.9 Å². The van der Waals surface area contributed by atoms with E-state index >= 15 is 0 Å². The van der Waals surface area contributed by atoms with Crippen molar-refractivity contribution in [1.29, 1.82) is 0 Å². The van der Waals surface area contributed by atoms with Gasteiger partial charge in [0.25, 0.3) is 0 Å². The van der Waals surface area contributed by atoms with E-state index < -0.39 is 11.4 Å². The molecule has 4 heteroatoms. The van der Waals surface area contributed by atoms with Crippen LogP contribution in [-0.4, -0.2) is 28.4 Å². The molecule has 1 heterocycles. The summed E-state index contributed by atoms with van der Waals surface area (Å²) in [4.78, 5) is 0. The molecule has 0 bridgehead atoms. The van der Waals surface area contributed by atoms with Crippen LogP contribution in [0.2, 0.25) is 0 Å². The lowest BCUT2D eigenvalue weighted by molar-refractivity contribution is 0.461. The molecule has 1 rings (SSSR count). The van der Waals surface area contributed by atoms with Crippen molar-refractivity contribution in [2.24, 2.45) is 0 Å². The number of hydrogen-bond acceptors (Lipinski definition) is 3. The molecule has 16 heavy (non-hydrogen) atoms. The first-order valence-corrected chi connectivity index (χ1v) is 7.56. The van der Waals surface area contributed by atoms with Crippen molar-refractivity contribution in [2.75, 3.05) is 13.1 Å². The van der Waals surface area contributed by atoms with E-state index in [2.05, 4.69) is 30.8 Å². The van der Waals surface area contributed by atoms with E-state index in [1.54, 1.807) is 0 Å². The Hall–Kier alpha value is 0.230. The molecule has 1 saturated heterocycles. The number of hydrogen-bond donors (Lipinski definition) is 2. The minimum absolute atomic E-state index is 0.0963. The zero-order valence-electron chi connectivity index (χ0n) is 10.8.